The van der Waals surface area contributed by atoms with Crippen molar-refractivity contribution in [2.45, 2.75) is 12.1 Å². The Morgan fingerprint density at radius 1 is 1.19 bits per heavy atom. The van der Waals surface area contributed by atoms with Gasteiger partial charge in [0.15, 0.2) is 5.96 Å². The molecule has 21 heavy (non-hydrogen) atoms. The molecule has 0 aliphatic rings. The molecule has 8 N–H and O–H groups in total. The largest absolute Gasteiger partial charge is 0.395 e. The molecule has 0 aliphatic heterocycles. The first-order valence-electron chi connectivity index (χ1n) is 6.34. The van der Waals surface area contributed by atoms with Gasteiger partial charge in [-0.2, -0.15) is 4.99 Å². The molecule has 0 saturated carbocycles. The Hall–Kier alpha value is -2.16. The van der Waals surface area contributed by atoms with Crippen molar-refractivity contribution in [3.63, 3.8) is 0 Å². The second-order valence-corrected chi connectivity index (χ2v) is 4.76. The van der Waals surface area contributed by atoms with Gasteiger partial charge in [0.2, 0.25) is 5.96 Å². The summed E-state index contributed by atoms with van der Waals surface area (Å²) in [5, 5.41) is 19.5. The number of nitrogens with two attached hydrogens (primary N) is 3. The SMILES string of the molecule is CN(C)C(CO)C(O)c1ccc(N=C(N)N=C(N)N)cc1. The first kappa shape index (κ1) is 16.9. The highest BCUT2D eigenvalue weighted by Gasteiger charge is 2.21. The second kappa shape index (κ2) is 7.58. The van der Waals surface area contributed by atoms with Gasteiger partial charge in [-0.1, -0.05) is 12.1 Å². The average Bonchev–Trinajstić information content (AvgIpc) is 2.38. The van der Waals surface area contributed by atoms with Gasteiger partial charge in [0, 0.05) is 0 Å². The van der Waals surface area contributed by atoms with Crippen LogP contribution in [0.1, 0.15) is 11.7 Å². The average molecular weight is 294 g/mol. The summed E-state index contributed by atoms with van der Waals surface area (Å²) >= 11 is 0. The molecule has 0 spiro atoms. The number of aliphatic hydroxyl groups is 2. The van der Waals surface area contributed by atoms with E-state index in [1.165, 1.54) is 0 Å². The molecule has 0 saturated heterocycles. The highest BCUT2D eigenvalue weighted by molar-refractivity contribution is 5.93. The van der Waals surface area contributed by atoms with E-state index in [1.807, 2.05) is 0 Å². The minimum Gasteiger partial charge on any atom is -0.395 e. The molecule has 1 rings (SSSR count). The number of nitrogens with zero attached hydrogens (tertiary/aromatic N) is 3. The maximum absolute atomic E-state index is 10.2. The lowest BCUT2D eigenvalue weighted by Crippen LogP contribution is -2.37. The normalized spacial score (nSPS) is 14.8. The fraction of sp³-hybridized carbons (Fsp3) is 0.385. The van der Waals surface area contributed by atoms with Crippen LogP contribution in [0.25, 0.3) is 0 Å². The van der Waals surface area contributed by atoms with Crippen molar-refractivity contribution in [2.75, 3.05) is 20.7 Å². The topological polar surface area (TPSA) is 146 Å². The van der Waals surface area contributed by atoms with Crippen LogP contribution in [-0.2, 0) is 0 Å². The number of likely N-dealkylation sites (N-methyl/N-ethyl adjacent to an activating group) is 1. The lowest BCUT2D eigenvalue weighted by atomic mass is 10.0. The van der Waals surface area contributed by atoms with E-state index in [2.05, 4.69) is 9.98 Å². The van der Waals surface area contributed by atoms with Crippen molar-refractivity contribution in [3.05, 3.63) is 29.8 Å². The molecule has 0 radical (unpaired) electrons. The first-order valence-corrected chi connectivity index (χ1v) is 6.34. The van der Waals surface area contributed by atoms with Crippen molar-refractivity contribution >= 4 is 17.6 Å². The molecule has 1 aromatic carbocycles. The lowest BCUT2D eigenvalue weighted by molar-refractivity contribution is 0.0390. The van der Waals surface area contributed by atoms with Crippen molar-refractivity contribution in [1.82, 2.24) is 4.90 Å². The molecule has 8 heteroatoms. The third-order valence-corrected chi connectivity index (χ3v) is 2.94. The molecular weight excluding hydrogens is 272 g/mol. The van der Waals surface area contributed by atoms with Crippen LogP contribution in [0, 0.1) is 0 Å². The van der Waals surface area contributed by atoms with E-state index in [0.717, 1.165) is 0 Å². The Morgan fingerprint density at radius 3 is 2.19 bits per heavy atom. The van der Waals surface area contributed by atoms with Crippen LogP contribution in [0.4, 0.5) is 5.69 Å². The Balaban J connectivity index is 2.90. The zero-order valence-electron chi connectivity index (χ0n) is 12.1. The third-order valence-electron chi connectivity index (χ3n) is 2.94. The monoisotopic (exact) mass is 294 g/mol. The minimum atomic E-state index is -0.807. The standard InChI is InChI=1S/C13H22N6O2/c1-19(2)10(7-20)11(21)8-3-5-9(6-4-8)17-13(16)18-12(14)15/h3-6,10-11,20-21H,7H2,1-2H3,(H6,14,15,16,17,18). The summed E-state index contributed by atoms with van der Waals surface area (Å²) in [5.74, 6) is -0.218. The number of aliphatic imine (C=N–C) groups is 2. The molecule has 0 heterocycles. The fourth-order valence-electron chi connectivity index (χ4n) is 1.80. The summed E-state index contributed by atoms with van der Waals surface area (Å²) in [4.78, 5) is 9.37. The summed E-state index contributed by atoms with van der Waals surface area (Å²) in [7, 11) is 3.58. The number of hydrogen-bond donors (Lipinski definition) is 5. The Labute approximate surface area is 123 Å². The van der Waals surface area contributed by atoms with Crippen molar-refractivity contribution in [1.29, 1.82) is 0 Å². The second-order valence-electron chi connectivity index (χ2n) is 4.76. The molecule has 0 aromatic heterocycles. The van der Waals surface area contributed by atoms with Gasteiger partial charge in [-0.05, 0) is 31.8 Å². The number of aliphatic hydroxyl groups excluding tert-OH is 2. The van der Waals surface area contributed by atoms with Crippen LogP contribution in [0.5, 0.6) is 0 Å². The predicted molar refractivity (Wildman–Crippen MR) is 83.1 cm³/mol. The van der Waals surface area contributed by atoms with Crippen LogP contribution in [0.15, 0.2) is 34.3 Å². The van der Waals surface area contributed by atoms with E-state index >= 15 is 0 Å². The van der Waals surface area contributed by atoms with Gasteiger partial charge in [-0.25, -0.2) is 4.99 Å². The number of rotatable bonds is 5. The van der Waals surface area contributed by atoms with Crippen LogP contribution in [-0.4, -0.2) is 53.8 Å². The highest BCUT2D eigenvalue weighted by atomic mass is 16.3. The predicted octanol–water partition coefficient (Wildman–Crippen LogP) is -1.14. The van der Waals surface area contributed by atoms with E-state index in [0.29, 0.717) is 11.3 Å². The van der Waals surface area contributed by atoms with Crippen LogP contribution >= 0.6 is 0 Å². The lowest BCUT2D eigenvalue weighted by Gasteiger charge is -2.27. The Bertz CT molecular complexity index is 508. The third kappa shape index (κ3) is 5.03. The van der Waals surface area contributed by atoms with Gasteiger partial charge in [-0.15, -0.1) is 0 Å². The van der Waals surface area contributed by atoms with Gasteiger partial charge in [0.05, 0.1) is 24.4 Å². The molecule has 2 atom stereocenters. The number of benzene rings is 1. The molecule has 116 valence electrons. The zero-order chi connectivity index (χ0) is 16.0. The molecule has 8 nitrogen and oxygen atoms in total. The molecule has 0 aliphatic carbocycles. The van der Waals surface area contributed by atoms with E-state index < -0.39 is 6.10 Å². The highest BCUT2D eigenvalue weighted by Crippen LogP contribution is 2.22. The van der Waals surface area contributed by atoms with Gasteiger partial charge in [0.1, 0.15) is 0 Å². The van der Waals surface area contributed by atoms with Crippen molar-refractivity contribution in [2.24, 2.45) is 27.2 Å². The van der Waals surface area contributed by atoms with E-state index in [4.69, 9.17) is 17.2 Å². The van der Waals surface area contributed by atoms with Gasteiger partial charge in [-0.3, -0.25) is 0 Å². The van der Waals surface area contributed by atoms with Gasteiger partial charge < -0.3 is 32.3 Å². The Morgan fingerprint density at radius 2 is 1.76 bits per heavy atom. The molecule has 0 amide bonds. The van der Waals surface area contributed by atoms with Crippen LogP contribution in [0.2, 0.25) is 0 Å². The summed E-state index contributed by atoms with van der Waals surface area (Å²) in [5.41, 5.74) is 17.1. The number of guanidine groups is 2. The van der Waals surface area contributed by atoms with E-state index in [1.54, 1.807) is 43.3 Å². The van der Waals surface area contributed by atoms with Crippen LogP contribution < -0.4 is 17.2 Å². The Kier molecular flexibility index (Phi) is 6.10. The van der Waals surface area contributed by atoms with E-state index in [-0.39, 0.29) is 24.6 Å². The fourth-order valence-corrected chi connectivity index (χ4v) is 1.80. The zero-order valence-corrected chi connectivity index (χ0v) is 12.1. The maximum Gasteiger partial charge on any atom is 0.223 e. The maximum atomic E-state index is 10.2. The molecule has 0 fully saturated rings. The quantitative estimate of drug-likeness (QED) is 0.343. The first-order chi connectivity index (χ1) is 9.85. The number of hydrogen-bond acceptors (Lipinski definition) is 4. The van der Waals surface area contributed by atoms with Crippen molar-refractivity contribution in [3.8, 4) is 0 Å². The smallest absolute Gasteiger partial charge is 0.223 e. The summed E-state index contributed by atoms with van der Waals surface area (Å²) in [6.07, 6.45) is -0.807. The summed E-state index contributed by atoms with van der Waals surface area (Å²) in [6.45, 7) is -0.147. The molecule has 0 bridgehead atoms. The van der Waals surface area contributed by atoms with Crippen molar-refractivity contribution < 1.29 is 10.2 Å². The minimum absolute atomic E-state index is 0.0511. The molecular formula is C13H22N6O2. The summed E-state index contributed by atoms with van der Waals surface area (Å²) in [6, 6.07) is 6.39. The van der Waals surface area contributed by atoms with Crippen LogP contribution in [0.3, 0.4) is 0 Å². The van der Waals surface area contributed by atoms with E-state index in [9.17, 15) is 10.2 Å². The summed E-state index contributed by atoms with van der Waals surface area (Å²) < 4.78 is 0. The van der Waals surface area contributed by atoms with Gasteiger partial charge >= 0.3 is 0 Å². The molecule has 2 unspecified atom stereocenters. The van der Waals surface area contributed by atoms with Gasteiger partial charge in [0.25, 0.3) is 0 Å². The molecule has 1 aromatic rings.